The molecule has 2 heteroatoms. The van der Waals surface area contributed by atoms with E-state index < -0.39 is 0 Å². The highest BCUT2D eigenvalue weighted by molar-refractivity contribution is 5.36. The fourth-order valence-corrected chi connectivity index (χ4v) is 1.61. The molecular formula is C11H15NO. The summed E-state index contributed by atoms with van der Waals surface area (Å²) in [4.78, 5) is 0. The number of nitrogens with one attached hydrogen (secondary N) is 1. The molecule has 1 saturated heterocycles. The Morgan fingerprint density at radius 3 is 2.85 bits per heavy atom. The van der Waals surface area contributed by atoms with Crippen LogP contribution in [0.1, 0.15) is 24.9 Å². The summed E-state index contributed by atoms with van der Waals surface area (Å²) in [7, 11) is 0. The highest BCUT2D eigenvalue weighted by atomic mass is 16.5. The fraction of sp³-hybridized carbons (Fsp3) is 0.455. The maximum absolute atomic E-state index is 5.55. The summed E-state index contributed by atoms with van der Waals surface area (Å²) >= 11 is 0. The summed E-state index contributed by atoms with van der Waals surface area (Å²) in [5, 5.41) is 3.38. The molecule has 1 fully saturated rings. The molecule has 1 atom stereocenters. The van der Waals surface area contributed by atoms with Crippen molar-refractivity contribution in [3.63, 3.8) is 0 Å². The Balaban J connectivity index is 2.20. The predicted octanol–water partition coefficient (Wildman–Crippen LogP) is 2.12. The van der Waals surface area contributed by atoms with Gasteiger partial charge in [0.2, 0.25) is 0 Å². The van der Waals surface area contributed by atoms with Crippen LogP contribution in [0.3, 0.4) is 0 Å². The van der Waals surface area contributed by atoms with Gasteiger partial charge in [0.1, 0.15) is 5.75 Å². The lowest BCUT2D eigenvalue weighted by molar-refractivity contribution is 0.316. The van der Waals surface area contributed by atoms with Crippen LogP contribution in [-0.4, -0.2) is 13.2 Å². The minimum Gasteiger partial charge on any atom is -0.494 e. The van der Waals surface area contributed by atoms with Crippen molar-refractivity contribution in [3.05, 3.63) is 29.8 Å². The largest absolute Gasteiger partial charge is 0.494 e. The lowest BCUT2D eigenvalue weighted by Gasteiger charge is -2.29. The topological polar surface area (TPSA) is 21.3 Å². The second kappa shape index (κ2) is 3.79. The number of hydrogen-bond donors (Lipinski definition) is 1. The standard InChI is InChI=1S/C11H15NO/c1-2-13-11-6-4-3-5-9(11)10-7-8-12-10/h3-6,10,12H,2,7-8H2,1H3/t10-/m0/s1. The van der Waals surface area contributed by atoms with Crippen LogP contribution < -0.4 is 10.1 Å². The van der Waals surface area contributed by atoms with E-state index in [2.05, 4.69) is 17.4 Å². The van der Waals surface area contributed by atoms with E-state index in [0.29, 0.717) is 6.04 Å². The molecule has 0 bridgehead atoms. The van der Waals surface area contributed by atoms with Gasteiger partial charge < -0.3 is 10.1 Å². The van der Waals surface area contributed by atoms with Crippen molar-refractivity contribution in [1.29, 1.82) is 0 Å². The third-order valence-electron chi connectivity index (χ3n) is 2.42. The first kappa shape index (κ1) is 8.57. The molecular weight excluding hydrogens is 162 g/mol. The van der Waals surface area contributed by atoms with Crippen molar-refractivity contribution in [2.45, 2.75) is 19.4 Å². The molecule has 1 aliphatic rings. The molecule has 1 heterocycles. The average molecular weight is 177 g/mol. The maximum atomic E-state index is 5.55. The van der Waals surface area contributed by atoms with Crippen LogP contribution in [0.4, 0.5) is 0 Å². The summed E-state index contributed by atoms with van der Waals surface area (Å²) in [6.45, 7) is 3.89. The summed E-state index contributed by atoms with van der Waals surface area (Å²) in [5.74, 6) is 1.03. The molecule has 1 N–H and O–H groups in total. The van der Waals surface area contributed by atoms with Gasteiger partial charge in [0, 0.05) is 11.6 Å². The minimum absolute atomic E-state index is 0.516. The molecule has 0 amide bonds. The first-order valence-corrected chi connectivity index (χ1v) is 4.87. The maximum Gasteiger partial charge on any atom is 0.124 e. The van der Waals surface area contributed by atoms with Crippen LogP contribution in [0, 0.1) is 0 Å². The summed E-state index contributed by atoms with van der Waals surface area (Å²) in [6, 6.07) is 8.79. The molecule has 0 aliphatic carbocycles. The Bertz CT molecular complexity index is 281. The Morgan fingerprint density at radius 2 is 2.23 bits per heavy atom. The van der Waals surface area contributed by atoms with Gasteiger partial charge in [0.05, 0.1) is 6.61 Å². The molecule has 2 rings (SSSR count). The van der Waals surface area contributed by atoms with Crippen LogP contribution in [0.2, 0.25) is 0 Å². The number of rotatable bonds is 3. The van der Waals surface area contributed by atoms with Crippen molar-refractivity contribution in [3.8, 4) is 5.75 Å². The van der Waals surface area contributed by atoms with E-state index in [9.17, 15) is 0 Å². The second-order valence-corrected chi connectivity index (χ2v) is 3.27. The third-order valence-corrected chi connectivity index (χ3v) is 2.42. The molecule has 70 valence electrons. The van der Waals surface area contributed by atoms with Crippen LogP contribution in [0.15, 0.2) is 24.3 Å². The smallest absolute Gasteiger partial charge is 0.124 e. The Labute approximate surface area is 78.9 Å². The van der Waals surface area contributed by atoms with Gasteiger partial charge in [-0.25, -0.2) is 0 Å². The van der Waals surface area contributed by atoms with Crippen LogP contribution in [-0.2, 0) is 0 Å². The molecule has 0 saturated carbocycles. The summed E-state index contributed by atoms with van der Waals surface area (Å²) < 4.78 is 5.55. The van der Waals surface area contributed by atoms with Crippen LogP contribution in [0.5, 0.6) is 5.75 Å². The van der Waals surface area contributed by atoms with Crippen LogP contribution >= 0.6 is 0 Å². The first-order chi connectivity index (χ1) is 6.42. The zero-order valence-corrected chi connectivity index (χ0v) is 7.92. The number of para-hydroxylation sites is 1. The second-order valence-electron chi connectivity index (χ2n) is 3.27. The Kier molecular flexibility index (Phi) is 2.50. The molecule has 0 aromatic heterocycles. The monoisotopic (exact) mass is 177 g/mol. The van der Waals surface area contributed by atoms with Crippen molar-refractivity contribution < 1.29 is 4.74 Å². The number of hydrogen-bond acceptors (Lipinski definition) is 2. The SMILES string of the molecule is CCOc1ccccc1[C@@H]1CCN1. The van der Waals surface area contributed by atoms with E-state index in [1.165, 1.54) is 12.0 Å². The van der Waals surface area contributed by atoms with Gasteiger partial charge in [0.15, 0.2) is 0 Å². The van der Waals surface area contributed by atoms with Crippen LogP contribution in [0.25, 0.3) is 0 Å². The van der Waals surface area contributed by atoms with Crippen molar-refractivity contribution in [2.24, 2.45) is 0 Å². The van der Waals surface area contributed by atoms with Gasteiger partial charge in [-0.15, -0.1) is 0 Å². The van der Waals surface area contributed by atoms with Gasteiger partial charge in [-0.2, -0.15) is 0 Å². The highest BCUT2D eigenvalue weighted by Gasteiger charge is 2.21. The predicted molar refractivity (Wildman–Crippen MR) is 53.0 cm³/mol. The molecule has 1 aromatic carbocycles. The zero-order valence-electron chi connectivity index (χ0n) is 7.92. The molecule has 0 radical (unpaired) electrons. The zero-order chi connectivity index (χ0) is 9.10. The van der Waals surface area contributed by atoms with Gasteiger partial charge in [-0.1, -0.05) is 18.2 Å². The van der Waals surface area contributed by atoms with Gasteiger partial charge in [-0.3, -0.25) is 0 Å². The fourth-order valence-electron chi connectivity index (χ4n) is 1.61. The van der Waals surface area contributed by atoms with E-state index in [0.717, 1.165) is 18.9 Å². The van der Waals surface area contributed by atoms with E-state index in [-0.39, 0.29) is 0 Å². The molecule has 1 aliphatic heterocycles. The lowest BCUT2D eigenvalue weighted by Crippen LogP contribution is -2.35. The summed E-state index contributed by atoms with van der Waals surface area (Å²) in [5.41, 5.74) is 1.30. The molecule has 0 spiro atoms. The Hall–Kier alpha value is -1.02. The summed E-state index contributed by atoms with van der Waals surface area (Å²) in [6.07, 6.45) is 1.23. The normalized spacial score (nSPS) is 20.8. The number of ether oxygens (including phenoxy) is 1. The average Bonchev–Trinajstić information content (AvgIpc) is 2.05. The first-order valence-electron chi connectivity index (χ1n) is 4.87. The van der Waals surface area contributed by atoms with Crippen molar-refractivity contribution in [1.82, 2.24) is 5.32 Å². The van der Waals surface area contributed by atoms with E-state index in [4.69, 9.17) is 4.74 Å². The molecule has 1 aromatic rings. The van der Waals surface area contributed by atoms with Gasteiger partial charge in [0.25, 0.3) is 0 Å². The Morgan fingerprint density at radius 1 is 1.46 bits per heavy atom. The molecule has 13 heavy (non-hydrogen) atoms. The van der Waals surface area contributed by atoms with Crippen molar-refractivity contribution in [2.75, 3.05) is 13.2 Å². The van der Waals surface area contributed by atoms with E-state index >= 15 is 0 Å². The molecule has 0 unspecified atom stereocenters. The van der Waals surface area contributed by atoms with Gasteiger partial charge >= 0.3 is 0 Å². The quantitative estimate of drug-likeness (QED) is 0.763. The van der Waals surface area contributed by atoms with E-state index in [1.54, 1.807) is 0 Å². The minimum atomic E-state index is 0.516. The highest BCUT2D eigenvalue weighted by Crippen LogP contribution is 2.30. The van der Waals surface area contributed by atoms with Crippen molar-refractivity contribution >= 4 is 0 Å². The lowest BCUT2D eigenvalue weighted by atomic mass is 9.97. The third kappa shape index (κ3) is 1.68. The van der Waals surface area contributed by atoms with E-state index in [1.807, 2.05) is 19.1 Å². The number of benzene rings is 1. The molecule has 2 nitrogen and oxygen atoms in total. The van der Waals surface area contributed by atoms with Gasteiger partial charge in [-0.05, 0) is 26.0 Å².